The highest BCUT2D eigenvalue weighted by Crippen LogP contribution is 2.19. The molecule has 0 amide bonds. The van der Waals surface area contributed by atoms with Gasteiger partial charge in [0.05, 0.1) is 0 Å². The second-order valence-electron chi connectivity index (χ2n) is 4.00. The lowest BCUT2D eigenvalue weighted by atomic mass is 10.00. The first-order valence-corrected chi connectivity index (χ1v) is 5.93. The Morgan fingerprint density at radius 2 is 2.29 bits per heavy atom. The minimum atomic E-state index is -0.312. The fraction of sp³-hybridized carbons (Fsp3) is 0.500. The molecule has 0 saturated carbocycles. The number of hydrogen-bond donors (Lipinski definition) is 0. The van der Waals surface area contributed by atoms with Gasteiger partial charge in [-0.25, -0.2) is 0 Å². The number of methoxy groups -OCH3 is 1. The van der Waals surface area contributed by atoms with Crippen molar-refractivity contribution < 1.29 is 14.3 Å². The minimum absolute atomic E-state index is 0.176. The number of ether oxygens (including phenoxy) is 2. The van der Waals surface area contributed by atoms with E-state index in [-0.39, 0.29) is 18.2 Å². The normalized spacial score (nSPS) is 23.1. The summed E-state index contributed by atoms with van der Waals surface area (Å²) in [5, 5.41) is 0. The first-order chi connectivity index (χ1) is 8.21. The van der Waals surface area contributed by atoms with E-state index in [9.17, 15) is 4.79 Å². The largest absolute Gasteiger partial charge is 0.455 e. The molecule has 0 aromatic heterocycles. The molecule has 0 bridgehead atoms. The summed E-state index contributed by atoms with van der Waals surface area (Å²) in [6, 6.07) is 0. The van der Waals surface area contributed by atoms with Gasteiger partial charge in [-0.3, -0.25) is 4.79 Å². The summed E-state index contributed by atoms with van der Waals surface area (Å²) in [6.45, 7) is 5.65. The van der Waals surface area contributed by atoms with Crippen LogP contribution in [0, 0.1) is 0 Å². The van der Waals surface area contributed by atoms with Crippen molar-refractivity contribution in [2.75, 3.05) is 7.11 Å². The Bertz CT molecular complexity index is 328. The van der Waals surface area contributed by atoms with Crippen LogP contribution in [0.1, 0.15) is 26.2 Å². The van der Waals surface area contributed by atoms with Crippen LogP contribution >= 0.6 is 0 Å². The number of rotatable bonds is 6. The fourth-order valence-electron chi connectivity index (χ4n) is 1.72. The lowest BCUT2D eigenvalue weighted by molar-refractivity contribution is -0.151. The predicted octanol–water partition coefficient (Wildman–Crippen LogP) is 2.79. The molecule has 0 fully saturated rings. The molecule has 0 spiro atoms. The fourth-order valence-corrected chi connectivity index (χ4v) is 1.72. The number of carbonyl (C=O) groups is 1. The van der Waals surface area contributed by atoms with Gasteiger partial charge in [0.1, 0.15) is 12.2 Å². The molecule has 0 aromatic rings. The van der Waals surface area contributed by atoms with E-state index in [2.05, 4.69) is 6.58 Å². The van der Waals surface area contributed by atoms with Crippen LogP contribution in [0.5, 0.6) is 0 Å². The second kappa shape index (κ2) is 7.07. The van der Waals surface area contributed by atoms with Crippen molar-refractivity contribution in [3.05, 3.63) is 36.5 Å². The van der Waals surface area contributed by atoms with Gasteiger partial charge < -0.3 is 9.47 Å². The van der Waals surface area contributed by atoms with Crippen LogP contribution in [0.15, 0.2) is 36.5 Å². The molecular formula is C14H20O3. The van der Waals surface area contributed by atoms with Gasteiger partial charge in [-0.15, -0.1) is 6.58 Å². The number of hydrogen-bond acceptors (Lipinski definition) is 3. The molecule has 0 N–H and O–H groups in total. The molecule has 0 aliphatic heterocycles. The van der Waals surface area contributed by atoms with Crippen LogP contribution in [0.2, 0.25) is 0 Å². The zero-order chi connectivity index (χ0) is 12.7. The molecule has 94 valence electrons. The quantitative estimate of drug-likeness (QED) is 0.525. The van der Waals surface area contributed by atoms with E-state index >= 15 is 0 Å². The van der Waals surface area contributed by atoms with E-state index in [0.29, 0.717) is 6.42 Å². The molecule has 3 nitrogen and oxygen atoms in total. The summed E-state index contributed by atoms with van der Waals surface area (Å²) in [5.41, 5.74) is 1.13. The summed E-state index contributed by atoms with van der Waals surface area (Å²) in [7, 11) is 1.62. The van der Waals surface area contributed by atoms with Crippen molar-refractivity contribution in [2.24, 2.45) is 0 Å². The van der Waals surface area contributed by atoms with Gasteiger partial charge in [0.2, 0.25) is 0 Å². The zero-order valence-electron chi connectivity index (χ0n) is 10.5. The average molecular weight is 236 g/mol. The van der Waals surface area contributed by atoms with Gasteiger partial charge in [0, 0.05) is 13.5 Å². The predicted molar refractivity (Wildman–Crippen MR) is 67.6 cm³/mol. The third-order valence-electron chi connectivity index (χ3n) is 2.58. The minimum Gasteiger partial charge on any atom is -0.455 e. The third kappa shape index (κ3) is 4.19. The molecular weight excluding hydrogens is 216 g/mol. The van der Waals surface area contributed by atoms with Crippen molar-refractivity contribution >= 4 is 5.97 Å². The molecule has 0 radical (unpaired) electrons. The molecule has 3 heteroatoms. The molecule has 1 aliphatic rings. The van der Waals surface area contributed by atoms with Crippen LogP contribution in [0.4, 0.5) is 0 Å². The van der Waals surface area contributed by atoms with Gasteiger partial charge in [-0.05, 0) is 30.6 Å². The molecule has 2 unspecified atom stereocenters. The second-order valence-corrected chi connectivity index (χ2v) is 4.00. The lowest BCUT2D eigenvalue weighted by Crippen LogP contribution is -2.31. The lowest BCUT2D eigenvalue weighted by Gasteiger charge is -2.24. The molecule has 0 saturated heterocycles. The molecule has 1 rings (SSSR count). The maximum absolute atomic E-state index is 11.4. The smallest absolute Gasteiger partial charge is 0.306 e. The Morgan fingerprint density at radius 3 is 2.88 bits per heavy atom. The Balaban J connectivity index is 2.61. The highest BCUT2D eigenvalue weighted by molar-refractivity contribution is 5.69. The first-order valence-electron chi connectivity index (χ1n) is 5.93. The maximum atomic E-state index is 11.4. The van der Waals surface area contributed by atoms with Gasteiger partial charge in [-0.1, -0.05) is 19.1 Å². The van der Waals surface area contributed by atoms with Gasteiger partial charge in [0.25, 0.3) is 0 Å². The van der Waals surface area contributed by atoms with E-state index in [1.165, 1.54) is 0 Å². The van der Waals surface area contributed by atoms with Gasteiger partial charge >= 0.3 is 5.97 Å². The monoisotopic (exact) mass is 236 g/mol. The van der Waals surface area contributed by atoms with Crippen molar-refractivity contribution in [3.8, 4) is 0 Å². The Labute approximate surface area is 103 Å². The summed E-state index contributed by atoms with van der Waals surface area (Å²) in [5.74, 6) is -0.176. The van der Waals surface area contributed by atoms with E-state index in [1.54, 1.807) is 7.11 Å². The van der Waals surface area contributed by atoms with Crippen molar-refractivity contribution in [2.45, 2.75) is 38.4 Å². The summed E-state index contributed by atoms with van der Waals surface area (Å²) >= 11 is 0. The first kappa shape index (κ1) is 13.7. The highest BCUT2D eigenvalue weighted by atomic mass is 16.6. The van der Waals surface area contributed by atoms with Crippen LogP contribution in [0.25, 0.3) is 0 Å². The van der Waals surface area contributed by atoms with Crippen LogP contribution < -0.4 is 0 Å². The van der Waals surface area contributed by atoms with E-state index in [1.807, 2.05) is 31.2 Å². The Morgan fingerprint density at radius 1 is 1.53 bits per heavy atom. The third-order valence-corrected chi connectivity index (χ3v) is 2.58. The Kier molecular flexibility index (Phi) is 5.70. The Hall–Kier alpha value is -1.35. The van der Waals surface area contributed by atoms with Crippen molar-refractivity contribution in [1.82, 2.24) is 0 Å². The zero-order valence-corrected chi connectivity index (χ0v) is 10.5. The van der Waals surface area contributed by atoms with E-state index < -0.39 is 0 Å². The molecule has 1 aliphatic carbocycles. The topological polar surface area (TPSA) is 35.5 Å². The van der Waals surface area contributed by atoms with Gasteiger partial charge in [0.15, 0.2) is 0 Å². The number of allylic oxidation sites excluding steroid dienone is 3. The van der Waals surface area contributed by atoms with E-state index in [0.717, 1.165) is 18.4 Å². The summed E-state index contributed by atoms with van der Waals surface area (Å²) < 4.78 is 10.7. The summed E-state index contributed by atoms with van der Waals surface area (Å²) in [6.07, 6.45) is 9.18. The van der Waals surface area contributed by atoms with Crippen LogP contribution in [-0.4, -0.2) is 25.3 Å². The SMILES string of the molecule is C=CCC1=CC(OC)C(OC(=O)CCC)C=C1. The van der Waals surface area contributed by atoms with Crippen molar-refractivity contribution in [1.29, 1.82) is 0 Å². The highest BCUT2D eigenvalue weighted by Gasteiger charge is 2.23. The summed E-state index contributed by atoms with van der Waals surface area (Å²) in [4.78, 5) is 11.4. The molecule has 0 aromatic carbocycles. The number of esters is 1. The van der Waals surface area contributed by atoms with Crippen LogP contribution in [0.3, 0.4) is 0 Å². The average Bonchev–Trinajstić information content (AvgIpc) is 2.31. The maximum Gasteiger partial charge on any atom is 0.306 e. The van der Waals surface area contributed by atoms with E-state index in [4.69, 9.17) is 9.47 Å². The molecule has 0 heterocycles. The molecule has 17 heavy (non-hydrogen) atoms. The molecule has 2 atom stereocenters. The standard InChI is InChI=1S/C14H20O3/c1-4-6-11-8-9-12(13(10-11)16-3)17-14(15)7-5-2/h4,8-10,12-13H,1,5-7H2,2-3H3. The van der Waals surface area contributed by atoms with Crippen molar-refractivity contribution in [3.63, 3.8) is 0 Å². The van der Waals surface area contributed by atoms with Gasteiger partial charge in [-0.2, -0.15) is 0 Å². The number of carbonyl (C=O) groups excluding carboxylic acids is 1. The van der Waals surface area contributed by atoms with Crippen LogP contribution in [-0.2, 0) is 14.3 Å².